The molecule has 0 bridgehead atoms. The Labute approximate surface area is 170 Å². The summed E-state index contributed by atoms with van der Waals surface area (Å²) in [6.45, 7) is 2.04. The summed E-state index contributed by atoms with van der Waals surface area (Å²) in [5, 5.41) is 21.9. The second-order valence-corrected chi connectivity index (χ2v) is 6.95. The Bertz CT molecular complexity index is 1260. The van der Waals surface area contributed by atoms with Crippen molar-refractivity contribution in [3.8, 4) is 11.1 Å². The lowest BCUT2D eigenvalue weighted by Gasteiger charge is -2.27. The van der Waals surface area contributed by atoms with Crippen LogP contribution in [0.3, 0.4) is 0 Å². The number of amides is 2. The average molecular weight is 404 g/mol. The molecule has 1 aliphatic heterocycles. The van der Waals surface area contributed by atoms with Crippen LogP contribution in [-0.2, 0) is 0 Å². The van der Waals surface area contributed by atoms with Gasteiger partial charge in [0.15, 0.2) is 0 Å². The van der Waals surface area contributed by atoms with Crippen molar-refractivity contribution in [1.29, 1.82) is 0 Å². The molecule has 2 amide bonds. The Morgan fingerprint density at radius 2 is 1.77 bits per heavy atom. The largest absolute Gasteiger partial charge is 0.478 e. The number of nitro benzene ring substituents is 1. The summed E-state index contributed by atoms with van der Waals surface area (Å²) < 4.78 is 0. The topological polar surface area (TPSA) is 118 Å². The zero-order valence-electron chi connectivity index (χ0n) is 15.9. The van der Waals surface area contributed by atoms with Crippen LogP contribution < -0.4 is 0 Å². The lowest BCUT2D eigenvalue weighted by molar-refractivity contribution is -0.384. The minimum Gasteiger partial charge on any atom is -0.478 e. The van der Waals surface area contributed by atoms with E-state index in [9.17, 15) is 29.6 Å². The van der Waals surface area contributed by atoms with E-state index in [1.807, 2.05) is 6.92 Å². The molecular weight excluding hydrogens is 388 g/mol. The highest BCUT2D eigenvalue weighted by Gasteiger charge is 2.35. The molecule has 4 rings (SSSR count). The highest BCUT2D eigenvalue weighted by atomic mass is 16.6. The zero-order chi connectivity index (χ0) is 21.6. The zero-order valence-corrected chi connectivity index (χ0v) is 15.9. The molecular formula is C22H16N2O6. The number of imide groups is 1. The molecule has 1 aliphatic rings. The number of carboxylic acid groups (broad SMARTS) is 1. The van der Waals surface area contributed by atoms with Gasteiger partial charge in [-0.05, 0) is 35.6 Å². The van der Waals surface area contributed by atoms with E-state index >= 15 is 0 Å². The number of benzene rings is 3. The monoisotopic (exact) mass is 404 g/mol. The standard InChI is InChI=1S/C22H16N2O6/c1-2-9-23-20(25)15-8-4-7-14-18(12-5-3-6-13(10-12)22(27)28)17(24(29)30)11-16(19(14)15)21(23)26/h3-8,10-11H,2,9H2,1H3,(H,27,28). The van der Waals surface area contributed by atoms with E-state index in [-0.39, 0.29) is 28.9 Å². The summed E-state index contributed by atoms with van der Waals surface area (Å²) in [4.78, 5) is 49.7. The molecule has 1 N–H and O–H groups in total. The molecule has 30 heavy (non-hydrogen) atoms. The maximum Gasteiger partial charge on any atom is 0.335 e. The number of rotatable bonds is 5. The summed E-state index contributed by atoms with van der Waals surface area (Å²) >= 11 is 0. The maximum absolute atomic E-state index is 13.0. The quantitative estimate of drug-likeness (QED) is 0.388. The lowest BCUT2D eigenvalue weighted by atomic mass is 9.87. The van der Waals surface area contributed by atoms with Gasteiger partial charge in [-0.25, -0.2) is 4.79 Å². The molecule has 0 radical (unpaired) electrons. The predicted octanol–water partition coefficient (Wildman–Crippen LogP) is 4.12. The second kappa shape index (κ2) is 7.07. The van der Waals surface area contributed by atoms with Crippen molar-refractivity contribution in [2.24, 2.45) is 0 Å². The van der Waals surface area contributed by atoms with Crippen molar-refractivity contribution < 1.29 is 24.4 Å². The van der Waals surface area contributed by atoms with Gasteiger partial charge in [-0.15, -0.1) is 0 Å². The molecule has 0 spiro atoms. The number of hydrogen-bond acceptors (Lipinski definition) is 5. The Kier molecular flexibility index (Phi) is 4.54. The minimum absolute atomic E-state index is 0.0245. The molecule has 0 unspecified atom stereocenters. The molecule has 8 nitrogen and oxygen atoms in total. The number of carboxylic acids is 1. The van der Waals surface area contributed by atoms with Crippen molar-refractivity contribution in [3.05, 3.63) is 75.3 Å². The molecule has 8 heteroatoms. The first kappa shape index (κ1) is 19.3. The predicted molar refractivity (Wildman–Crippen MR) is 109 cm³/mol. The van der Waals surface area contributed by atoms with E-state index in [2.05, 4.69) is 0 Å². The van der Waals surface area contributed by atoms with Gasteiger partial charge in [0.25, 0.3) is 17.5 Å². The average Bonchev–Trinajstić information content (AvgIpc) is 2.74. The Morgan fingerprint density at radius 3 is 2.43 bits per heavy atom. The van der Waals surface area contributed by atoms with Crippen LogP contribution in [0, 0.1) is 10.1 Å². The number of aromatic carboxylic acids is 1. The summed E-state index contributed by atoms with van der Waals surface area (Å²) in [5.74, 6) is -2.18. The van der Waals surface area contributed by atoms with Crippen molar-refractivity contribution >= 4 is 34.2 Å². The van der Waals surface area contributed by atoms with E-state index in [4.69, 9.17) is 0 Å². The van der Waals surface area contributed by atoms with Gasteiger partial charge in [0.1, 0.15) is 0 Å². The van der Waals surface area contributed by atoms with Gasteiger partial charge in [0.05, 0.1) is 21.6 Å². The fourth-order valence-electron chi connectivity index (χ4n) is 3.88. The SMILES string of the molecule is CCCN1C(=O)c2cccc3c(-c4cccc(C(=O)O)c4)c([N+](=O)[O-])cc(c23)C1=O. The summed E-state index contributed by atoms with van der Waals surface area (Å²) in [5.41, 5.74) is 0.536. The van der Waals surface area contributed by atoms with Gasteiger partial charge in [-0.1, -0.05) is 31.2 Å². The highest BCUT2D eigenvalue weighted by Crippen LogP contribution is 2.42. The highest BCUT2D eigenvalue weighted by molar-refractivity contribution is 6.27. The first-order valence-electron chi connectivity index (χ1n) is 9.29. The molecule has 3 aromatic rings. The molecule has 0 atom stereocenters. The number of carbonyl (C=O) groups is 3. The van der Waals surface area contributed by atoms with Crippen LogP contribution in [0.25, 0.3) is 21.9 Å². The molecule has 0 aromatic heterocycles. The number of hydrogen-bond donors (Lipinski definition) is 1. The first-order valence-corrected chi connectivity index (χ1v) is 9.29. The molecule has 0 aliphatic carbocycles. The van der Waals surface area contributed by atoms with Gasteiger partial charge in [-0.2, -0.15) is 0 Å². The Balaban J connectivity index is 2.11. The third kappa shape index (κ3) is 2.81. The van der Waals surface area contributed by atoms with E-state index in [1.165, 1.54) is 24.3 Å². The van der Waals surface area contributed by atoms with Gasteiger partial charge < -0.3 is 5.11 Å². The van der Waals surface area contributed by atoms with Gasteiger partial charge >= 0.3 is 5.97 Å². The molecule has 1 heterocycles. The fraction of sp³-hybridized carbons (Fsp3) is 0.136. The second-order valence-electron chi connectivity index (χ2n) is 6.95. The van der Waals surface area contributed by atoms with E-state index in [0.29, 0.717) is 28.3 Å². The number of carbonyl (C=O) groups excluding carboxylic acids is 2. The van der Waals surface area contributed by atoms with Crippen LogP contribution in [0.5, 0.6) is 0 Å². The summed E-state index contributed by atoms with van der Waals surface area (Å²) in [7, 11) is 0. The molecule has 0 saturated carbocycles. The van der Waals surface area contributed by atoms with Gasteiger partial charge in [-0.3, -0.25) is 24.6 Å². The van der Waals surface area contributed by atoms with Crippen molar-refractivity contribution in [3.63, 3.8) is 0 Å². The number of nitro groups is 1. The van der Waals surface area contributed by atoms with Gasteiger partial charge in [0.2, 0.25) is 0 Å². The molecule has 0 fully saturated rings. The summed E-state index contributed by atoms with van der Waals surface area (Å²) in [6, 6.07) is 11.8. The molecule has 0 saturated heterocycles. The third-order valence-electron chi connectivity index (χ3n) is 5.13. The Hall–Kier alpha value is -4.07. The molecule has 150 valence electrons. The van der Waals surface area contributed by atoms with E-state index in [0.717, 1.165) is 4.90 Å². The third-order valence-corrected chi connectivity index (χ3v) is 5.13. The van der Waals surface area contributed by atoms with Crippen LogP contribution in [0.15, 0.2) is 48.5 Å². The Morgan fingerprint density at radius 1 is 1.07 bits per heavy atom. The lowest BCUT2D eigenvalue weighted by Crippen LogP contribution is -2.40. The fourth-order valence-corrected chi connectivity index (χ4v) is 3.88. The maximum atomic E-state index is 13.0. The minimum atomic E-state index is -1.16. The van der Waals surface area contributed by atoms with Gasteiger partial charge in [0, 0.05) is 23.6 Å². The summed E-state index contributed by atoms with van der Waals surface area (Å²) in [6.07, 6.45) is 0.560. The van der Waals surface area contributed by atoms with Crippen molar-refractivity contribution in [2.45, 2.75) is 13.3 Å². The van der Waals surface area contributed by atoms with Crippen LogP contribution >= 0.6 is 0 Å². The molecule has 3 aromatic carbocycles. The van der Waals surface area contributed by atoms with Crippen LogP contribution in [0.4, 0.5) is 5.69 Å². The van der Waals surface area contributed by atoms with Crippen LogP contribution in [0.2, 0.25) is 0 Å². The normalized spacial score (nSPS) is 13.0. The smallest absolute Gasteiger partial charge is 0.335 e. The number of nitrogens with zero attached hydrogens (tertiary/aromatic N) is 2. The van der Waals surface area contributed by atoms with E-state index < -0.39 is 22.7 Å². The first-order chi connectivity index (χ1) is 14.3. The van der Waals surface area contributed by atoms with Crippen molar-refractivity contribution in [2.75, 3.05) is 6.54 Å². The van der Waals surface area contributed by atoms with Crippen LogP contribution in [0.1, 0.15) is 44.4 Å². The van der Waals surface area contributed by atoms with E-state index in [1.54, 1.807) is 24.3 Å². The van der Waals surface area contributed by atoms with Crippen LogP contribution in [-0.4, -0.2) is 39.3 Å². The van der Waals surface area contributed by atoms with Crippen molar-refractivity contribution in [1.82, 2.24) is 4.90 Å².